The van der Waals surface area contributed by atoms with Gasteiger partial charge in [0.1, 0.15) is 17.7 Å². The maximum Gasteiger partial charge on any atom is 0.408 e. The summed E-state index contributed by atoms with van der Waals surface area (Å²) in [6.45, 7) is 9.05. The van der Waals surface area contributed by atoms with Crippen molar-refractivity contribution in [3.63, 3.8) is 0 Å². The SMILES string of the molecule is COC(=O)[C@H](CC(C)C)NC(=O)[C@H](Cc1cnc[nH]1)NC(=O)OC(C)(C)C. The standard InChI is InChI=1S/C18H30N4O5/c1-11(2)7-14(16(24)26-6)21-15(23)13(8-12-9-19-10-20-12)22-17(25)27-18(3,4)5/h9-11,13-14H,7-8H2,1-6H3,(H,19,20)(H,21,23)(H,22,25)/t13-,14-/m0/s1. The zero-order valence-corrected chi connectivity index (χ0v) is 16.8. The van der Waals surface area contributed by atoms with E-state index in [1.807, 2.05) is 13.8 Å². The molecule has 0 saturated carbocycles. The fraction of sp³-hybridized carbons (Fsp3) is 0.667. The second-order valence-electron chi connectivity index (χ2n) is 7.69. The average Bonchev–Trinajstić information content (AvgIpc) is 3.03. The van der Waals surface area contributed by atoms with Crippen molar-refractivity contribution < 1.29 is 23.9 Å². The van der Waals surface area contributed by atoms with E-state index in [2.05, 4.69) is 20.6 Å². The first-order valence-electron chi connectivity index (χ1n) is 8.86. The van der Waals surface area contributed by atoms with Crippen molar-refractivity contribution in [3.8, 4) is 0 Å². The van der Waals surface area contributed by atoms with Gasteiger partial charge in [-0.05, 0) is 33.1 Å². The number of ether oxygens (including phenoxy) is 2. The molecule has 27 heavy (non-hydrogen) atoms. The first-order chi connectivity index (χ1) is 12.5. The van der Waals surface area contributed by atoms with Crippen molar-refractivity contribution in [3.05, 3.63) is 18.2 Å². The molecule has 1 heterocycles. The van der Waals surface area contributed by atoms with E-state index >= 15 is 0 Å². The van der Waals surface area contributed by atoms with Gasteiger partial charge in [0.15, 0.2) is 0 Å². The first-order valence-corrected chi connectivity index (χ1v) is 8.86. The van der Waals surface area contributed by atoms with Gasteiger partial charge in [-0.15, -0.1) is 0 Å². The first kappa shape index (κ1) is 22.5. The van der Waals surface area contributed by atoms with Crippen molar-refractivity contribution in [2.45, 2.75) is 65.1 Å². The monoisotopic (exact) mass is 382 g/mol. The fourth-order valence-electron chi connectivity index (χ4n) is 2.38. The number of hydrogen-bond donors (Lipinski definition) is 3. The number of H-pyrrole nitrogens is 1. The molecule has 1 aromatic rings. The molecule has 2 atom stereocenters. The number of hydrogen-bond acceptors (Lipinski definition) is 6. The lowest BCUT2D eigenvalue weighted by Gasteiger charge is -2.25. The van der Waals surface area contributed by atoms with Crippen LogP contribution in [0.3, 0.4) is 0 Å². The normalized spacial score (nSPS) is 13.6. The minimum Gasteiger partial charge on any atom is -0.467 e. The number of methoxy groups -OCH3 is 1. The number of nitrogens with zero attached hydrogens (tertiary/aromatic N) is 1. The van der Waals surface area contributed by atoms with Gasteiger partial charge in [-0.3, -0.25) is 4.79 Å². The molecule has 9 heteroatoms. The minimum absolute atomic E-state index is 0.166. The molecule has 0 unspecified atom stereocenters. The van der Waals surface area contributed by atoms with Crippen molar-refractivity contribution in [1.82, 2.24) is 20.6 Å². The molecule has 2 amide bonds. The molecule has 0 aliphatic rings. The Morgan fingerprint density at radius 3 is 2.33 bits per heavy atom. The Labute approximate surface area is 159 Å². The van der Waals surface area contributed by atoms with Gasteiger partial charge >= 0.3 is 12.1 Å². The minimum atomic E-state index is -0.945. The zero-order chi connectivity index (χ0) is 20.6. The predicted molar refractivity (Wildman–Crippen MR) is 98.9 cm³/mol. The van der Waals surface area contributed by atoms with Gasteiger partial charge in [-0.1, -0.05) is 13.8 Å². The van der Waals surface area contributed by atoms with Crippen LogP contribution >= 0.6 is 0 Å². The van der Waals surface area contributed by atoms with Crippen molar-refractivity contribution in [2.24, 2.45) is 5.92 Å². The Bertz CT molecular complexity index is 622. The van der Waals surface area contributed by atoms with E-state index in [1.165, 1.54) is 13.4 Å². The lowest BCUT2D eigenvalue weighted by atomic mass is 10.0. The molecule has 0 aromatic carbocycles. The van der Waals surface area contributed by atoms with E-state index in [0.717, 1.165) is 0 Å². The van der Waals surface area contributed by atoms with Gasteiger partial charge < -0.3 is 25.1 Å². The number of nitrogens with one attached hydrogen (secondary N) is 3. The highest BCUT2D eigenvalue weighted by molar-refractivity contribution is 5.89. The molecular weight excluding hydrogens is 352 g/mol. The van der Waals surface area contributed by atoms with Crippen molar-refractivity contribution in [1.29, 1.82) is 0 Å². The average molecular weight is 382 g/mol. The summed E-state index contributed by atoms with van der Waals surface area (Å²) in [5.41, 5.74) is -0.0460. The smallest absolute Gasteiger partial charge is 0.408 e. The van der Waals surface area contributed by atoms with E-state index < -0.39 is 35.7 Å². The van der Waals surface area contributed by atoms with E-state index in [1.54, 1.807) is 27.0 Å². The van der Waals surface area contributed by atoms with Crippen LogP contribution in [0.5, 0.6) is 0 Å². The Morgan fingerprint density at radius 2 is 1.85 bits per heavy atom. The number of esters is 1. The van der Waals surface area contributed by atoms with Gasteiger partial charge in [0.25, 0.3) is 0 Å². The van der Waals surface area contributed by atoms with Crippen LogP contribution in [0.2, 0.25) is 0 Å². The largest absolute Gasteiger partial charge is 0.467 e. The van der Waals surface area contributed by atoms with Gasteiger partial charge in [-0.2, -0.15) is 0 Å². The van der Waals surface area contributed by atoms with Crippen LogP contribution in [0.4, 0.5) is 4.79 Å². The lowest BCUT2D eigenvalue weighted by molar-refractivity contribution is -0.145. The van der Waals surface area contributed by atoms with Crippen LogP contribution < -0.4 is 10.6 Å². The van der Waals surface area contributed by atoms with E-state index in [-0.39, 0.29) is 12.3 Å². The summed E-state index contributed by atoms with van der Waals surface area (Å²) in [5, 5.41) is 5.22. The van der Waals surface area contributed by atoms with Gasteiger partial charge in [0, 0.05) is 18.3 Å². The van der Waals surface area contributed by atoms with Crippen LogP contribution in [0.1, 0.15) is 46.7 Å². The molecule has 0 spiro atoms. The van der Waals surface area contributed by atoms with Crippen molar-refractivity contribution >= 4 is 18.0 Å². The third-order valence-electron chi connectivity index (χ3n) is 3.50. The number of imidazole rings is 1. The highest BCUT2D eigenvalue weighted by atomic mass is 16.6. The van der Waals surface area contributed by atoms with Gasteiger partial charge in [-0.25, -0.2) is 14.6 Å². The van der Waals surface area contributed by atoms with Gasteiger partial charge in [0.05, 0.1) is 13.4 Å². The summed E-state index contributed by atoms with van der Waals surface area (Å²) in [6, 6.07) is -1.74. The Morgan fingerprint density at radius 1 is 1.19 bits per heavy atom. The summed E-state index contributed by atoms with van der Waals surface area (Å²) in [4.78, 5) is 43.6. The Hall–Kier alpha value is -2.58. The summed E-state index contributed by atoms with van der Waals surface area (Å²) in [5.74, 6) is -0.875. The van der Waals surface area contributed by atoms with Crippen LogP contribution in [0.25, 0.3) is 0 Å². The molecule has 0 saturated heterocycles. The summed E-state index contributed by atoms with van der Waals surface area (Å²) < 4.78 is 9.99. The molecule has 1 rings (SSSR count). The topological polar surface area (TPSA) is 122 Å². The van der Waals surface area contributed by atoms with Crippen molar-refractivity contribution in [2.75, 3.05) is 7.11 Å². The lowest BCUT2D eigenvalue weighted by Crippen LogP contribution is -2.53. The molecule has 0 fully saturated rings. The van der Waals surface area contributed by atoms with E-state index in [9.17, 15) is 14.4 Å². The number of carbonyl (C=O) groups excluding carboxylic acids is 3. The predicted octanol–water partition coefficient (Wildman–Crippen LogP) is 1.55. The maximum absolute atomic E-state index is 12.8. The maximum atomic E-state index is 12.8. The van der Waals surface area contributed by atoms with Crippen LogP contribution in [-0.2, 0) is 25.5 Å². The number of alkyl carbamates (subject to hydrolysis) is 1. The zero-order valence-electron chi connectivity index (χ0n) is 16.8. The number of amides is 2. The number of rotatable bonds is 8. The second-order valence-corrected chi connectivity index (χ2v) is 7.69. The molecule has 0 aliphatic carbocycles. The molecule has 1 aromatic heterocycles. The molecule has 0 radical (unpaired) electrons. The Balaban J connectivity index is 2.90. The molecular formula is C18H30N4O5. The van der Waals surface area contributed by atoms with Crippen LogP contribution in [-0.4, -0.2) is 52.7 Å². The quantitative estimate of drug-likeness (QED) is 0.586. The van der Waals surface area contributed by atoms with E-state index in [0.29, 0.717) is 12.1 Å². The molecule has 3 N–H and O–H groups in total. The highest BCUT2D eigenvalue weighted by Gasteiger charge is 2.29. The van der Waals surface area contributed by atoms with Crippen LogP contribution in [0.15, 0.2) is 12.5 Å². The third kappa shape index (κ3) is 8.57. The summed E-state index contributed by atoms with van der Waals surface area (Å²) in [7, 11) is 1.27. The summed E-state index contributed by atoms with van der Waals surface area (Å²) >= 11 is 0. The second kappa shape index (κ2) is 9.94. The molecule has 0 aliphatic heterocycles. The third-order valence-corrected chi connectivity index (χ3v) is 3.50. The number of aromatic amines is 1. The molecule has 152 valence electrons. The number of aromatic nitrogens is 2. The van der Waals surface area contributed by atoms with Gasteiger partial charge in [0.2, 0.25) is 5.91 Å². The summed E-state index contributed by atoms with van der Waals surface area (Å²) in [6.07, 6.45) is 2.90. The fourth-order valence-corrected chi connectivity index (χ4v) is 2.38. The van der Waals surface area contributed by atoms with Crippen LogP contribution in [0, 0.1) is 5.92 Å². The molecule has 0 bridgehead atoms. The van der Waals surface area contributed by atoms with E-state index in [4.69, 9.17) is 9.47 Å². The molecule has 9 nitrogen and oxygen atoms in total. The highest BCUT2D eigenvalue weighted by Crippen LogP contribution is 2.10. The number of carbonyl (C=O) groups is 3. The Kier molecular flexibility index (Phi) is 8.27.